The van der Waals surface area contributed by atoms with Crippen molar-refractivity contribution in [3.8, 4) is 6.07 Å². The van der Waals surface area contributed by atoms with Crippen molar-refractivity contribution >= 4 is 29.5 Å². The number of hydrogen-bond donors (Lipinski definition) is 2. The third-order valence-electron chi connectivity index (χ3n) is 3.35. The molecule has 2 rings (SSSR count). The van der Waals surface area contributed by atoms with Crippen molar-refractivity contribution in [3.05, 3.63) is 47.7 Å². The summed E-state index contributed by atoms with van der Waals surface area (Å²) < 4.78 is 4.76. The summed E-state index contributed by atoms with van der Waals surface area (Å²) in [7, 11) is 1.27. The standard InChI is InChI=1S/C17H17N5O3S/c1-25-16(24)13(7-11-5-3-2-4-6-11)21-14(23)10-26-17-20-9-12(8-18)15(19)22-17/h2-6,9,13H,7,10H2,1H3,(H,21,23)(H2,19,20,22). The molecule has 1 amide bonds. The number of amides is 1. The van der Waals surface area contributed by atoms with Crippen molar-refractivity contribution < 1.29 is 14.3 Å². The molecule has 0 aliphatic carbocycles. The van der Waals surface area contributed by atoms with Crippen LogP contribution in [0.15, 0.2) is 41.7 Å². The molecule has 26 heavy (non-hydrogen) atoms. The third kappa shape index (κ3) is 5.46. The van der Waals surface area contributed by atoms with Crippen LogP contribution < -0.4 is 11.1 Å². The van der Waals surface area contributed by atoms with Crippen LogP contribution in [-0.4, -0.2) is 40.7 Å². The highest BCUT2D eigenvalue weighted by atomic mass is 32.2. The Morgan fingerprint density at radius 3 is 2.73 bits per heavy atom. The van der Waals surface area contributed by atoms with Crippen LogP contribution in [0, 0.1) is 11.3 Å². The Morgan fingerprint density at radius 2 is 2.12 bits per heavy atom. The molecule has 3 N–H and O–H groups in total. The van der Waals surface area contributed by atoms with Crippen molar-refractivity contribution in [2.75, 3.05) is 18.6 Å². The summed E-state index contributed by atoms with van der Waals surface area (Å²) in [6, 6.07) is 10.4. The Bertz CT molecular complexity index is 823. The van der Waals surface area contributed by atoms with Gasteiger partial charge in [0, 0.05) is 6.42 Å². The van der Waals surface area contributed by atoms with Gasteiger partial charge in [-0.3, -0.25) is 4.79 Å². The topological polar surface area (TPSA) is 131 Å². The number of nitrogen functional groups attached to an aromatic ring is 1. The van der Waals surface area contributed by atoms with Gasteiger partial charge in [0.1, 0.15) is 23.5 Å². The van der Waals surface area contributed by atoms with Crippen molar-refractivity contribution in [2.24, 2.45) is 0 Å². The molecule has 0 fully saturated rings. The van der Waals surface area contributed by atoms with Crippen LogP contribution >= 0.6 is 11.8 Å². The predicted octanol–water partition coefficient (Wildman–Crippen LogP) is 0.923. The first-order valence-electron chi connectivity index (χ1n) is 7.60. The molecule has 1 aromatic heterocycles. The van der Waals surface area contributed by atoms with E-state index in [1.807, 2.05) is 36.4 Å². The number of methoxy groups -OCH3 is 1. The molecule has 0 aliphatic rings. The maximum absolute atomic E-state index is 12.2. The van der Waals surface area contributed by atoms with Gasteiger partial charge < -0.3 is 15.8 Å². The zero-order valence-electron chi connectivity index (χ0n) is 14.0. The number of esters is 1. The predicted molar refractivity (Wildman–Crippen MR) is 96.0 cm³/mol. The number of benzene rings is 1. The Hall–Kier alpha value is -3.12. The number of ether oxygens (including phenoxy) is 1. The number of nitrogens with one attached hydrogen (secondary N) is 1. The van der Waals surface area contributed by atoms with Gasteiger partial charge >= 0.3 is 5.97 Å². The van der Waals surface area contributed by atoms with E-state index >= 15 is 0 Å². The number of thioether (sulfide) groups is 1. The molecule has 8 nitrogen and oxygen atoms in total. The van der Waals surface area contributed by atoms with Gasteiger partial charge in [0.05, 0.1) is 19.1 Å². The summed E-state index contributed by atoms with van der Waals surface area (Å²) in [5.41, 5.74) is 6.69. The summed E-state index contributed by atoms with van der Waals surface area (Å²) in [6.07, 6.45) is 1.62. The Labute approximate surface area is 154 Å². The molecule has 1 heterocycles. The molecule has 1 unspecified atom stereocenters. The average Bonchev–Trinajstić information content (AvgIpc) is 2.66. The quantitative estimate of drug-likeness (QED) is 0.417. The van der Waals surface area contributed by atoms with Gasteiger partial charge in [-0.05, 0) is 5.56 Å². The largest absolute Gasteiger partial charge is 0.467 e. The number of aromatic nitrogens is 2. The van der Waals surface area contributed by atoms with Crippen LogP contribution in [0.25, 0.3) is 0 Å². The lowest BCUT2D eigenvalue weighted by molar-refractivity contribution is -0.144. The maximum atomic E-state index is 12.2. The highest BCUT2D eigenvalue weighted by Gasteiger charge is 2.22. The Balaban J connectivity index is 1.95. The number of nitriles is 1. The first kappa shape index (κ1) is 19.2. The van der Waals surface area contributed by atoms with Crippen LogP contribution in [0.2, 0.25) is 0 Å². The fourth-order valence-corrected chi connectivity index (χ4v) is 2.72. The average molecular weight is 371 g/mol. The van der Waals surface area contributed by atoms with Gasteiger partial charge in [-0.1, -0.05) is 42.1 Å². The van der Waals surface area contributed by atoms with E-state index in [-0.39, 0.29) is 28.2 Å². The molecule has 0 aliphatic heterocycles. The fourth-order valence-electron chi connectivity index (χ4n) is 2.09. The number of hydrogen-bond acceptors (Lipinski definition) is 8. The first-order chi connectivity index (χ1) is 12.5. The summed E-state index contributed by atoms with van der Waals surface area (Å²) in [6.45, 7) is 0. The van der Waals surface area contributed by atoms with Gasteiger partial charge in [-0.25, -0.2) is 14.8 Å². The van der Waals surface area contributed by atoms with Crippen LogP contribution in [0.4, 0.5) is 5.82 Å². The molecule has 9 heteroatoms. The minimum atomic E-state index is -0.789. The molecule has 134 valence electrons. The summed E-state index contributed by atoms with van der Waals surface area (Å²) >= 11 is 1.05. The van der Waals surface area contributed by atoms with Crippen LogP contribution in [-0.2, 0) is 20.7 Å². The van der Waals surface area contributed by atoms with Crippen molar-refractivity contribution in [3.63, 3.8) is 0 Å². The molecule has 0 saturated carbocycles. The number of rotatable bonds is 7. The molecule has 0 spiro atoms. The summed E-state index contributed by atoms with van der Waals surface area (Å²) in [4.78, 5) is 32.0. The van der Waals surface area contributed by atoms with E-state index < -0.39 is 12.0 Å². The van der Waals surface area contributed by atoms with Crippen LogP contribution in [0.3, 0.4) is 0 Å². The van der Waals surface area contributed by atoms with Gasteiger partial charge in [0.25, 0.3) is 0 Å². The zero-order valence-corrected chi connectivity index (χ0v) is 14.8. The summed E-state index contributed by atoms with van der Waals surface area (Å²) in [5.74, 6) is -0.839. The van der Waals surface area contributed by atoms with Crippen molar-refractivity contribution in [1.29, 1.82) is 5.26 Å². The number of carbonyl (C=O) groups is 2. The monoisotopic (exact) mass is 371 g/mol. The fraction of sp³-hybridized carbons (Fsp3) is 0.235. The van der Waals surface area contributed by atoms with Gasteiger partial charge in [-0.2, -0.15) is 5.26 Å². The molecule has 0 saturated heterocycles. The second-order valence-corrected chi connectivity index (χ2v) is 6.13. The number of nitrogens with zero attached hydrogens (tertiary/aromatic N) is 3. The molecular weight excluding hydrogens is 354 g/mol. The zero-order chi connectivity index (χ0) is 18.9. The van der Waals surface area contributed by atoms with Crippen LogP contribution in [0.1, 0.15) is 11.1 Å². The normalized spacial score (nSPS) is 11.2. The maximum Gasteiger partial charge on any atom is 0.328 e. The van der Waals surface area contributed by atoms with E-state index in [4.69, 9.17) is 15.7 Å². The lowest BCUT2D eigenvalue weighted by atomic mass is 10.1. The van der Waals surface area contributed by atoms with Crippen LogP contribution in [0.5, 0.6) is 0 Å². The van der Waals surface area contributed by atoms with E-state index in [9.17, 15) is 9.59 Å². The number of nitrogens with two attached hydrogens (primary N) is 1. The smallest absolute Gasteiger partial charge is 0.328 e. The third-order valence-corrected chi connectivity index (χ3v) is 4.21. The van der Waals surface area contributed by atoms with E-state index in [0.717, 1.165) is 17.3 Å². The minimum absolute atomic E-state index is 0.00633. The highest BCUT2D eigenvalue weighted by Crippen LogP contribution is 2.15. The molecule has 0 radical (unpaired) electrons. The second kappa shape index (κ2) is 9.39. The van der Waals surface area contributed by atoms with Gasteiger partial charge in [-0.15, -0.1) is 0 Å². The number of anilines is 1. The molecule has 1 aromatic carbocycles. The first-order valence-corrected chi connectivity index (χ1v) is 8.58. The molecule has 2 aromatic rings. The molecular formula is C17H17N5O3S. The minimum Gasteiger partial charge on any atom is -0.467 e. The van der Waals surface area contributed by atoms with E-state index in [1.54, 1.807) is 0 Å². The molecule has 1 atom stereocenters. The number of carbonyl (C=O) groups excluding carboxylic acids is 2. The Kier molecular flexibility index (Phi) is 6.93. The van der Waals surface area contributed by atoms with Crippen molar-refractivity contribution in [1.82, 2.24) is 15.3 Å². The highest BCUT2D eigenvalue weighted by molar-refractivity contribution is 7.99. The lowest BCUT2D eigenvalue weighted by Crippen LogP contribution is -2.43. The Morgan fingerprint density at radius 1 is 1.38 bits per heavy atom. The SMILES string of the molecule is COC(=O)C(Cc1ccccc1)NC(=O)CSc1ncc(C#N)c(N)n1. The van der Waals surface area contributed by atoms with E-state index in [2.05, 4.69) is 15.3 Å². The summed E-state index contributed by atoms with van der Waals surface area (Å²) in [5, 5.41) is 11.7. The van der Waals surface area contributed by atoms with Gasteiger partial charge in [0.15, 0.2) is 5.16 Å². The van der Waals surface area contributed by atoms with E-state index in [0.29, 0.717) is 6.42 Å². The second-order valence-electron chi connectivity index (χ2n) is 5.18. The lowest BCUT2D eigenvalue weighted by Gasteiger charge is -2.16. The van der Waals surface area contributed by atoms with E-state index in [1.165, 1.54) is 13.3 Å². The van der Waals surface area contributed by atoms with Crippen molar-refractivity contribution in [2.45, 2.75) is 17.6 Å². The van der Waals surface area contributed by atoms with Gasteiger partial charge in [0.2, 0.25) is 5.91 Å². The molecule has 0 bridgehead atoms.